The molecule has 1 N–H and O–H groups in total. The zero-order valence-electron chi connectivity index (χ0n) is 11.8. The summed E-state index contributed by atoms with van der Waals surface area (Å²) in [5, 5.41) is 9.27. The van der Waals surface area contributed by atoms with E-state index < -0.39 is 0 Å². The summed E-state index contributed by atoms with van der Waals surface area (Å²) in [6, 6.07) is 0. The Kier molecular flexibility index (Phi) is 4.45. The van der Waals surface area contributed by atoms with Crippen LogP contribution in [-0.4, -0.2) is 59.5 Å². The number of carbonyl (C=O) groups is 2. The number of rotatable bonds is 3. The van der Waals surface area contributed by atoms with Crippen LogP contribution >= 0.6 is 0 Å². The number of hydrogen-bond acceptors (Lipinski definition) is 3. The van der Waals surface area contributed by atoms with E-state index in [0.29, 0.717) is 12.5 Å². The van der Waals surface area contributed by atoms with E-state index in [4.69, 9.17) is 0 Å². The van der Waals surface area contributed by atoms with Crippen LogP contribution in [0.4, 0.5) is 0 Å². The number of aliphatic hydroxyl groups excluding tert-OH is 1. The van der Waals surface area contributed by atoms with Crippen LogP contribution in [0.15, 0.2) is 0 Å². The van der Waals surface area contributed by atoms with Crippen LogP contribution in [-0.2, 0) is 9.59 Å². The number of aliphatic hydroxyl groups is 1. The van der Waals surface area contributed by atoms with Gasteiger partial charge in [-0.05, 0) is 31.6 Å². The number of piperidine rings is 1. The van der Waals surface area contributed by atoms with Crippen molar-refractivity contribution in [3.8, 4) is 0 Å². The van der Waals surface area contributed by atoms with Gasteiger partial charge in [-0.2, -0.15) is 0 Å². The molecule has 1 saturated heterocycles. The van der Waals surface area contributed by atoms with Crippen molar-refractivity contribution < 1.29 is 14.7 Å². The summed E-state index contributed by atoms with van der Waals surface area (Å²) in [4.78, 5) is 27.3. The average molecular weight is 268 g/mol. The molecular formula is C14H24N2O3. The molecule has 5 nitrogen and oxygen atoms in total. The molecule has 2 rings (SSSR count). The minimum Gasteiger partial charge on any atom is -0.393 e. The van der Waals surface area contributed by atoms with Gasteiger partial charge in [-0.1, -0.05) is 0 Å². The Morgan fingerprint density at radius 3 is 2.63 bits per heavy atom. The third-order valence-electron chi connectivity index (χ3n) is 4.34. The van der Waals surface area contributed by atoms with E-state index in [1.54, 1.807) is 16.7 Å². The molecule has 2 amide bonds. The first-order chi connectivity index (χ1) is 8.97. The van der Waals surface area contributed by atoms with Gasteiger partial charge in [0.2, 0.25) is 11.8 Å². The Balaban J connectivity index is 1.82. The molecule has 2 fully saturated rings. The molecule has 1 saturated carbocycles. The van der Waals surface area contributed by atoms with Crippen molar-refractivity contribution in [2.45, 2.75) is 38.7 Å². The van der Waals surface area contributed by atoms with Gasteiger partial charge in [-0.3, -0.25) is 9.59 Å². The third-order valence-corrected chi connectivity index (χ3v) is 4.34. The van der Waals surface area contributed by atoms with Gasteiger partial charge in [-0.15, -0.1) is 0 Å². The number of nitrogens with zero attached hydrogens (tertiary/aromatic N) is 2. The zero-order chi connectivity index (χ0) is 14.0. The fourth-order valence-electron chi connectivity index (χ4n) is 3.10. The Hall–Kier alpha value is -1.10. The summed E-state index contributed by atoms with van der Waals surface area (Å²) in [5.74, 6) is 0.596. The lowest BCUT2D eigenvalue weighted by molar-refractivity contribution is -0.140. The van der Waals surface area contributed by atoms with Gasteiger partial charge in [0.05, 0.1) is 12.0 Å². The first-order valence-corrected chi connectivity index (χ1v) is 7.16. The fraction of sp³-hybridized carbons (Fsp3) is 0.857. The molecule has 0 spiro atoms. The van der Waals surface area contributed by atoms with Crippen LogP contribution in [0.3, 0.4) is 0 Å². The molecule has 0 radical (unpaired) electrons. The molecule has 0 aromatic carbocycles. The van der Waals surface area contributed by atoms with Crippen molar-refractivity contribution in [3.05, 3.63) is 0 Å². The maximum Gasteiger partial charge on any atom is 0.227 e. The minimum atomic E-state index is -0.170. The molecule has 1 atom stereocenters. The first-order valence-electron chi connectivity index (χ1n) is 7.16. The highest BCUT2D eigenvalue weighted by Crippen LogP contribution is 2.28. The summed E-state index contributed by atoms with van der Waals surface area (Å²) in [6.45, 7) is 3.63. The topological polar surface area (TPSA) is 60.9 Å². The van der Waals surface area contributed by atoms with E-state index >= 15 is 0 Å². The lowest BCUT2D eigenvalue weighted by Gasteiger charge is -2.37. The van der Waals surface area contributed by atoms with Crippen molar-refractivity contribution in [1.82, 2.24) is 9.80 Å². The standard InChI is InChI=1S/C14H24N2O3/c1-10(17)16-5-3-4-12(9-16)14(19)15(2)8-11-6-13(18)7-11/h11-13,18H,3-9H2,1-2H3. The van der Waals surface area contributed by atoms with Gasteiger partial charge < -0.3 is 14.9 Å². The third kappa shape index (κ3) is 3.47. The summed E-state index contributed by atoms with van der Waals surface area (Å²) in [5.41, 5.74) is 0. The van der Waals surface area contributed by atoms with Crippen molar-refractivity contribution in [2.24, 2.45) is 11.8 Å². The molecule has 0 bridgehead atoms. The smallest absolute Gasteiger partial charge is 0.227 e. The monoisotopic (exact) mass is 268 g/mol. The second-order valence-corrected chi connectivity index (χ2v) is 6.01. The molecule has 19 heavy (non-hydrogen) atoms. The quantitative estimate of drug-likeness (QED) is 0.809. The SMILES string of the molecule is CC(=O)N1CCCC(C(=O)N(C)CC2CC(O)C2)C1. The van der Waals surface area contributed by atoms with Crippen LogP contribution in [0.25, 0.3) is 0 Å². The maximum atomic E-state index is 12.3. The maximum absolute atomic E-state index is 12.3. The Labute approximate surface area is 114 Å². The lowest BCUT2D eigenvalue weighted by Crippen LogP contribution is -2.47. The van der Waals surface area contributed by atoms with Crippen molar-refractivity contribution >= 4 is 11.8 Å². The number of amides is 2. The molecule has 5 heteroatoms. The highest BCUT2D eigenvalue weighted by molar-refractivity contribution is 5.80. The molecule has 1 aliphatic heterocycles. The molecule has 108 valence electrons. The first kappa shape index (κ1) is 14.3. The van der Waals surface area contributed by atoms with E-state index in [-0.39, 0.29) is 23.8 Å². The van der Waals surface area contributed by atoms with Crippen LogP contribution in [0, 0.1) is 11.8 Å². The Bertz CT molecular complexity index is 353. The van der Waals surface area contributed by atoms with E-state index in [9.17, 15) is 14.7 Å². The number of likely N-dealkylation sites (tertiary alicyclic amines) is 1. The largest absolute Gasteiger partial charge is 0.393 e. The normalized spacial score (nSPS) is 30.7. The van der Waals surface area contributed by atoms with Gasteiger partial charge in [0.15, 0.2) is 0 Å². The molecular weight excluding hydrogens is 244 g/mol. The molecule has 1 heterocycles. The average Bonchev–Trinajstić information content (AvgIpc) is 2.36. The van der Waals surface area contributed by atoms with Gasteiger partial charge in [0.1, 0.15) is 0 Å². The van der Waals surface area contributed by atoms with Gasteiger partial charge in [-0.25, -0.2) is 0 Å². The van der Waals surface area contributed by atoms with Crippen molar-refractivity contribution in [2.75, 3.05) is 26.7 Å². The molecule has 1 unspecified atom stereocenters. The molecule has 0 aromatic rings. The van der Waals surface area contributed by atoms with Crippen LogP contribution in [0.2, 0.25) is 0 Å². The van der Waals surface area contributed by atoms with Crippen molar-refractivity contribution in [1.29, 1.82) is 0 Å². The Morgan fingerprint density at radius 2 is 2.05 bits per heavy atom. The summed E-state index contributed by atoms with van der Waals surface area (Å²) >= 11 is 0. The highest BCUT2D eigenvalue weighted by Gasteiger charge is 2.32. The zero-order valence-corrected chi connectivity index (χ0v) is 11.8. The van der Waals surface area contributed by atoms with Gasteiger partial charge in [0.25, 0.3) is 0 Å². The lowest BCUT2D eigenvalue weighted by atomic mass is 9.82. The molecule has 0 aromatic heterocycles. The molecule has 1 aliphatic carbocycles. The van der Waals surface area contributed by atoms with E-state index in [1.165, 1.54) is 0 Å². The summed E-state index contributed by atoms with van der Waals surface area (Å²) in [7, 11) is 1.83. The fourth-order valence-corrected chi connectivity index (χ4v) is 3.10. The second kappa shape index (κ2) is 5.90. The predicted molar refractivity (Wildman–Crippen MR) is 71.3 cm³/mol. The Morgan fingerprint density at radius 1 is 1.37 bits per heavy atom. The highest BCUT2D eigenvalue weighted by atomic mass is 16.3. The number of carbonyl (C=O) groups excluding carboxylic acids is 2. The van der Waals surface area contributed by atoms with Gasteiger partial charge in [0, 0.05) is 33.6 Å². The van der Waals surface area contributed by atoms with E-state index in [0.717, 1.165) is 38.8 Å². The van der Waals surface area contributed by atoms with Gasteiger partial charge >= 0.3 is 0 Å². The second-order valence-electron chi connectivity index (χ2n) is 6.01. The molecule has 2 aliphatic rings. The van der Waals surface area contributed by atoms with Crippen LogP contribution in [0.5, 0.6) is 0 Å². The summed E-state index contributed by atoms with van der Waals surface area (Å²) < 4.78 is 0. The predicted octanol–water partition coefficient (Wildman–Crippen LogP) is 0.474. The van der Waals surface area contributed by atoms with Crippen molar-refractivity contribution in [3.63, 3.8) is 0 Å². The summed E-state index contributed by atoms with van der Waals surface area (Å²) in [6.07, 6.45) is 3.23. The van der Waals surface area contributed by atoms with E-state index in [1.807, 2.05) is 7.05 Å². The number of hydrogen-bond donors (Lipinski definition) is 1. The van der Waals surface area contributed by atoms with E-state index in [2.05, 4.69) is 0 Å². The minimum absolute atomic E-state index is 0.0485. The van der Waals surface area contributed by atoms with Crippen LogP contribution < -0.4 is 0 Å². The van der Waals surface area contributed by atoms with Crippen LogP contribution in [0.1, 0.15) is 32.6 Å².